The van der Waals surface area contributed by atoms with E-state index in [9.17, 15) is 4.79 Å². The van der Waals surface area contributed by atoms with Gasteiger partial charge >= 0.3 is 6.03 Å². The molecule has 5 heteroatoms. The maximum atomic E-state index is 13.6. The van der Waals surface area contributed by atoms with Crippen LogP contribution >= 0.6 is 0 Å². The van der Waals surface area contributed by atoms with Crippen LogP contribution in [0.25, 0.3) is 11.3 Å². The summed E-state index contributed by atoms with van der Waals surface area (Å²) in [7, 11) is 0. The Labute approximate surface area is 197 Å². The van der Waals surface area contributed by atoms with Gasteiger partial charge in [0.15, 0.2) is 0 Å². The number of aromatic nitrogens is 2. The molecule has 0 spiro atoms. The summed E-state index contributed by atoms with van der Waals surface area (Å²) in [6.45, 7) is 8.83. The van der Waals surface area contributed by atoms with Crippen LogP contribution in [-0.4, -0.2) is 27.2 Å². The van der Waals surface area contributed by atoms with Crippen LogP contribution in [0.1, 0.15) is 66.5 Å². The molecule has 2 amide bonds. The van der Waals surface area contributed by atoms with E-state index in [1.165, 1.54) is 31.2 Å². The number of amides is 2. The highest BCUT2D eigenvalue weighted by molar-refractivity contribution is 5.91. The molecule has 1 saturated carbocycles. The summed E-state index contributed by atoms with van der Waals surface area (Å²) in [5.41, 5.74) is 8.63. The molecular formula is C28H36N4O. The Morgan fingerprint density at radius 3 is 2.18 bits per heavy atom. The monoisotopic (exact) mass is 444 g/mol. The molecular weight excluding hydrogens is 408 g/mol. The zero-order valence-corrected chi connectivity index (χ0v) is 20.4. The van der Waals surface area contributed by atoms with Crippen LogP contribution in [0, 0.1) is 27.7 Å². The Hall–Kier alpha value is -3.08. The number of H-pyrrole nitrogens is 1. The molecule has 1 heterocycles. The number of nitrogens with one attached hydrogen (secondary N) is 2. The first-order chi connectivity index (χ1) is 15.9. The molecule has 1 aliphatic carbocycles. The zero-order valence-electron chi connectivity index (χ0n) is 20.4. The van der Waals surface area contributed by atoms with E-state index in [-0.39, 0.29) is 12.1 Å². The van der Waals surface area contributed by atoms with Gasteiger partial charge < -0.3 is 10.2 Å². The van der Waals surface area contributed by atoms with E-state index < -0.39 is 0 Å². The van der Waals surface area contributed by atoms with Crippen LogP contribution in [0.5, 0.6) is 0 Å². The lowest BCUT2D eigenvalue weighted by molar-refractivity contribution is 0.175. The van der Waals surface area contributed by atoms with Crippen LogP contribution in [-0.2, 0) is 6.54 Å². The van der Waals surface area contributed by atoms with E-state index in [0.717, 1.165) is 52.2 Å². The van der Waals surface area contributed by atoms with E-state index in [1.807, 2.05) is 13.0 Å². The second-order valence-corrected chi connectivity index (χ2v) is 9.60. The third-order valence-electron chi connectivity index (χ3n) is 6.76. The minimum atomic E-state index is 0.00484. The molecule has 4 rings (SSSR count). The Kier molecular flexibility index (Phi) is 7.17. The Balaban J connectivity index is 1.56. The third-order valence-corrected chi connectivity index (χ3v) is 6.76. The van der Waals surface area contributed by atoms with Crippen LogP contribution in [0.4, 0.5) is 10.5 Å². The second-order valence-electron chi connectivity index (χ2n) is 9.60. The topological polar surface area (TPSA) is 61.0 Å². The zero-order chi connectivity index (χ0) is 23.4. The highest BCUT2D eigenvalue weighted by atomic mass is 16.2. The van der Waals surface area contributed by atoms with Crippen molar-refractivity contribution >= 4 is 11.7 Å². The highest BCUT2D eigenvalue weighted by Crippen LogP contribution is 2.27. The molecule has 1 aromatic heterocycles. The summed E-state index contributed by atoms with van der Waals surface area (Å²) in [6.07, 6.45) is 7.06. The van der Waals surface area contributed by atoms with E-state index >= 15 is 0 Å². The summed E-state index contributed by atoms with van der Waals surface area (Å²) >= 11 is 0. The minimum absolute atomic E-state index is 0.00484. The third kappa shape index (κ3) is 5.65. The number of carbonyl (C=O) groups excluding carboxylic acids is 1. The van der Waals surface area contributed by atoms with Gasteiger partial charge in [0.25, 0.3) is 0 Å². The van der Waals surface area contributed by atoms with Gasteiger partial charge in [-0.15, -0.1) is 0 Å². The molecule has 1 fully saturated rings. The summed E-state index contributed by atoms with van der Waals surface area (Å²) < 4.78 is 0. The van der Waals surface area contributed by atoms with E-state index in [1.54, 1.807) is 0 Å². The lowest BCUT2D eigenvalue weighted by atomic mass is 10.0. The average Bonchev–Trinajstić information content (AvgIpc) is 3.04. The largest absolute Gasteiger partial charge is 0.322 e. The quantitative estimate of drug-likeness (QED) is 0.414. The first-order valence-electron chi connectivity index (χ1n) is 12.2. The van der Waals surface area contributed by atoms with Crippen LogP contribution < -0.4 is 5.32 Å². The normalized spacial score (nSPS) is 14.7. The van der Waals surface area contributed by atoms with Gasteiger partial charge in [0, 0.05) is 18.3 Å². The number of nitrogens with zero attached hydrogens (tertiary/aromatic N) is 2. The number of benzene rings is 2. The molecule has 174 valence electrons. The number of urea groups is 1. The predicted molar refractivity (Wildman–Crippen MR) is 135 cm³/mol. The van der Waals surface area contributed by atoms with Crippen molar-refractivity contribution in [2.75, 3.05) is 5.32 Å². The number of hydrogen-bond donors (Lipinski definition) is 2. The molecule has 1 aliphatic rings. The lowest BCUT2D eigenvalue weighted by Gasteiger charge is -2.32. The van der Waals surface area contributed by atoms with Crippen molar-refractivity contribution in [1.29, 1.82) is 0 Å². The molecule has 0 aliphatic heterocycles. The van der Waals surface area contributed by atoms with Gasteiger partial charge in [-0.25, -0.2) is 4.79 Å². The summed E-state index contributed by atoms with van der Waals surface area (Å²) in [6, 6.07) is 15.1. The van der Waals surface area contributed by atoms with E-state index in [2.05, 4.69) is 77.6 Å². The number of rotatable bonds is 5. The summed E-state index contributed by atoms with van der Waals surface area (Å²) in [5, 5.41) is 10.6. The average molecular weight is 445 g/mol. The van der Waals surface area contributed by atoms with E-state index in [4.69, 9.17) is 0 Å². The molecule has 0 atom stereocenters. The van der Waals surface area contributed by atoms with Crippen molar-refractivity contribution in [2.24, 2.45) is 0 Å². The molecule has 2 aromatic carbocycles. The van der Waals surface area contributed by atoms with E-state index in [0.29, 0.717) is 6.54 Å². The second kappa shape index (κ2) is 10.2. The van der Waals surface area contributed by atoms with Crippen molar-refractivity contribution in [3.05, 3.63) is 70.4 Å². The smallest absolute Gasteiger partial charge is 0.317 e. The number of anilines is 1. The number of aryl methyl sites for hydroxylation is 4. The van der Waals surface area contributed by atoms with Gasteiger partial charge in [-0.05, 0) is 68.9 Å². The summed E-state index contributed by atoms with van der Waals surface area (Å²) in [5.74, 6) is 0. The fraction of sp³-hybridized carbons (Fsp3) is 0.429. The van der Waals surface area contributed by atoms with Gasteiger partial charge in [0.2, 0.25) is 0 Å². The van der Waals surface area contributed by atoms with Gasteiger partial charge in [-0.1, -0.05) is 67.6 Å². The fourth-order valence-corrected chi connectivity index (χ4v) is 5.05. The molecule has 0 bridgehead atoms. The fourth-order valence-electron chi connectivity index (χ4n) is 5.05. The Bertz CT molecular complexity index is 1070. The molecule has 3 aromatic rings. The van der Waals surface area contributed by atoms with Crippen molar-refractivity contribution in [2.45, 2.75) is 78.8 Å². The molecule has 0 unspecified atom stereocenters. The minimum Gasteiger partial charge on any atom is -0.317 e. The Morgan fingerprint density at radius 1 is 0.970 bits per heavy atom. The molecule has 2 N–H and O–H groups in total. The molecule has 5 nitrogen and oxygen atoms in total. The molecule has 0 saturated heterocycles. The number of hydrogen-bond acceptors (Lipinski definition) is 2. The van der Waals surface area contributed by atoms with Gasteiger partial charge in [0.05, 0.1) is 11.4 Å². The van der Waals surface area contributed by atoms with Crippen LogP contribution in [0.15, 0.2) is 42.5 Å². The van der Waals surface area contributed by atoms with Gasteiger partial charge in [-0.2, -0.15) is 5.10 Å². The molecule has 0 radical (unpaired) electrons. The van der Waals surface area contributed by atoms with Crippen molar-refractivity contribution < 1.29 is 4.79 Å². The van der Waals surface area contributed by atoms with Crippen LogP contribution in [0.3, 0.4) is 0 Å². The maximum Gasteiger partial charge on any atom is 0.322 e. The van der Waals surface area contributed by atoms with Crippen molar-refractivity contribution in [3.8, 4) is 11.3 Å². The number of aromatic amines is 1. The summed E-state index contributed by atoms with van der Waals surface area (Å²) in [4.78, 5) is 15.7. The van der Waals surface area contributed by atoms with Crippen molar-refractivity contribution in [3.63, 3.8) is 0 Å². The highest BCUT2D eigenvalue weighted by Gasteiger charge is 2.25. The first-order valence-corrected chi connectivity index (χ1v) is 12.2. The SMILES string of the molecule is Cc1cc(C)c(NC(=O)N(Cc2ccc(-c3cc(C)n[nH]3)cc2)C2CCCCCC2)c(C)c1. The van der Waals surface area contributed by atoms with Crippen molar-refractivity contribution in [1.82, 2.24) is 15.1 Å². The van der Waals surface area contributed by atoms with Gasteiger partial charge in [0.1, 0.15) is 0 Å². The van der Waals surface area contributed by atoms with Gasteiger partial charge in [-0.3, -0.25) is 5.10 Å². The Morgan fingerprint density at radius 2 is 1.61 bits per heavy atom. The predicted octanol–water partition coefficient (Wildman–Crippen LogP) is 7.07. The standard InChI is InChI=1S/C28H36N4O/c1-19-15-20(2)27(21(3)16-19)29-28(33)32(25-9-7-5-6-8-10-25)18-23-11-13-24(14-12-23)26-17-22(4)30-31-26/h11-17,25H,5-10,18H2,1-4H3,(H,29,33)(H,30,31). The lowest BCUT2D eigenvalue weighted by Crippen LogP contribution is -2.42. The first kappa shape index (κ1) is 23.1. The maximum absolute atomic E-state index is 13.6. The van der Waals surface area contributed by atoms with Crippen LogP contribution in [0.2, 0.25) is 0 Å². The number of carbonyl (C=O) groups is 1. The molecule has 33 heavy (non-hydrogen) atoms.